The van der Waals surface area contributed by atoms with E-state index >= 15 is 0 Å². The molecule has 2 rings (SSSR count). The van der Waals surface area contributed by atoms with E-state index in [1.54, 1.807) is 0 Å². The van der Waals surface area contributed by atoms with E-state index < -0.39 is 8.32 Å². The Kier molecular flexibility index (Phi) is 4.50. The van der Waals surface area contributed by atoms with Gasteiger partial charge in [0.2, 0.25) is 0 Å². The second-order valence-electron chi connectivity index (χ2n) is 10.0. The van der Waals surface area contributed by atoms with Crippen LogP contribution in [0.2, 0.25) is 18.1 Å². The molecule has 0 aliphatic heterocycles. The molecule has 0 spiro atoms. The largest absolute Gasteiger partial charge is 0.413 e. The molecule has 0 N–H and O–H groups in total. The Morgan fingerprint density at radius 1 is 1.14 bits per heavy atom. The number of carbonyl (C=O) groups is 1. The zero-order valence-corrected chi connectivity index (χ0v) is 17.0. The number of rotatable bonds is 2. The summed E-state index contributed by atoms with van der Waals surface area (Å²) in [6.07, 6.45) is 5.40. The van der Waals surface area contributed by atoms with Crippen molar-refractivity contribution in [1.29, 1.82) is 0 Å². The van der Waals surface area contributed by atoms with Gasteiger partial charge in [0.1, 0.15) is 5.78 Å². The normalized spacial score (nSPS) is 36.1. The molecule has 128 valence electrons. The van der Waals surface area contributed by atoms with Crippen molar-refractivity contribution in [2.24, 2.45) is 16.7 Å². The van der Waals surface area contributed by atoms with Gasteiger partial charge < -0.3 is 4.43 Å². The molecular formula is C19H36O2Si. The fourth-order valence-electron chi connectivity index (χ4n) is 4.54. The number of carbonyl (C=O) groups excluding carboxylic acids is 1. The molecule has 0 aromatic rings. The van der Waals surface area contributed by atoms with E-state index in [9.17, 15) is 4.79 Å². The average molecular weight is 325 g/mol. The molecule has 0 heterocycles. The van der Waals surface area contributed by atoms with E-state index in [1.165, 1.54) is 6.42 Å². The standard InChI is InChI=1S/C19H36O2Si/c1-17(2,3)22(7,8)21-16-12-13-19(6)14(18(16,4)5)10-9-11-15(19)20/h14,16H,9-13H2,1-8H3/t14?,16-,19-/m0/s1. The minimum atomic E-state index is -1.76. The third kappa shape index (κ3) is 2.84. The fourth-order valence-corrected chi connectivity index (χ4v) is 6.03. The molecule has 22 heavy (non-hydrogen) atoms. The highest BCUT2D eigenvalue weighted by molar-refractivity contribution is 6.74. The van der Waals surface area contributed by atoms with E-state index in [0.717, 1.165) is 25.7 Å². The monoisotopic (exact) mass is 324 g/mol. The van der Waals surface area contributed by atoms with Crippen LogP contribution in [0.15, 0.2) is 0 Å². The van der Waals surface area contributed by atoms with Crippen molar-refractivity contribution in [2.75, 3.05) is 0 Å². The van der Waals surface area contributed by atoms with Crippen LogP contribution in [0.1, 0.15) is 73.6 Å². The van der Waals surface area contributed by atoms with Crippen LogP contribution in [0.4, 0.5) is 0 Å². The van der Waals surface area contributed by atoms with Crippen LogP contribution < -0.4 is 0 Å². The molecule has 0 saturated heterocycles. The minimum Gasteiger partial charge on any atom is -0.413 e. The molecule has 0 bridgehead atoms. The second kappa shape index (κ2) is 5.44. The van der Waals surface area contributed by atoms with Gasteiger partial charge in [0, 0.05) is 11.8 Å². The van der Waals surface area contributed by atoms with Gasteiger partial charge in [-0.25, -0.2) is 0 Å². The summed E-state index contributed by atoms with van der Waals surface area (Å²) in [6, 6.07) is 0. The lowest BCUT2D eigenvalue weighted by Gasteiger charge is -2.57. The lowest BCUT2D eigenvalue weighted by Crippen LogP contribution is -2.58. The van der Waals surface area contributed by atoms with Gasteiger partial charge in [-0.3, -0.25) is 4.79 Å². The first-order valence-electron chi connectivity index (χ1n) is 9.03. The summed E-state index contributed by atoms with van der Waals surface area (Å²) < 4.78 is 6.82. The van der Waals surface area contributed by atoms with Crippen LogP contribution in [-0.2, 0) is 9.22 Å². The number of Topliss-reactive ketones (excluding diaryl/α,β-unsaturated/α-hetero) is 1. The third-order valence-corrected chi connectivity index (χ3v) is 11.7. The van der Waals surface area contributed by atoms with Crippen LogP contribution in [0.25, 0.3) is 0 Å². The summed E-state index contributed by atoms with van der Waals surface area (Å²) in [7, 11) is -1.76. The maximum atomic E-state index is 12.6. The van der Waals surface area contributed by atoms with Gasteiger partial charge in [0.25, 0.3) is 0 Å². The summed E-state index contributed by atoms with van der Waals surface area (Å²) in [5.41, 5.74) is -0.00631. The quantitative estimate of drug-likeness (QED) is 0.620. The van der Waals surface area contributed by atoms with Crippen molar-refractivity contribution in [3.05, 3.63) is 0 Å². The Bertz CT molecular complexity index is 447. The summed E-state index contributed by atoms with van der Waals surface area (Å²) in [5, 5.41) is 0.242. The Morgan fingerprint density at radius 3 is 2.27 bits per heavy atom. The fraction of sp³-hybridized carbons (Fsp3) is 0.947. The van der Waals surface area contributed by atoms with Crippen molar-refractivity contribution < 1.29 is 9.22 Å². The van der Waals surface area contributed by atoms with E-state index in [2.05, 4.69) is 54.6 Å². The third-order valence-electron chi connectivity index (χ3n) is 7.20. The first-order chi connectivity index (χ1) is 9.82. The number of fused-ring (bicyclic) bond motifs is 1. The van der Waals surface area contributed by atoms with E-state index in [-0.39, 0.29) is 15.9 Å². The van der Waals surface area contributed by atoms with Crippen molar-refractivity contribution >= 4 is 14.1 Å². The Labute approximate surface area is 138 Å². The first kappa shape index (κ1) is 18.2. The highest BCUT2D eigenvalue weighted by Gasteiger charge is 2.57. The van der Waals surface area contributed by atoms with Crippen molar-refractivity contribution in [3.63, 3.8) is 0 Å². The van der Waals surface area contributed by atoms with Crippen LogP contribution >= 0.6 is 0 Å². The van der Waals surface area contributed by atoms with E-state index in [1.807, 2.05) is 0 Å². The van der Waals surface area contributed by atoms with Gasteiger partial charge >= 0.3 is 0 Å². The predicted molar refractivity (Wildman–Crippen MR) is 95.5 cm³/mol. The van der Waals surface area contributed by atoms with Gasteiger partial charge in [0.15, 0.2) is 8.32 Å². The van der Waals surface area contributed by atoms with Crippen molar-refractivity contribution in [2.45, 2.75) is 97.9 Å². The molecule has 2 nitrogen and oxygen atoms in total. The molecule has 2 fully saturated rings. The lowest BCUT2D eigenvalue weighted by molar-refractivity contribution is -0.152. The smallest absolute Gasteiger partial charge is 0.192 e. The highest BCUT2D eigenvalue weighted by Crippen LogP contribution is 2.57. The molecule has 1 unspecified atom stereocenters. The summed E-state index contributed by atoms with van der Waals surface area (Å²) in [4.78, 5) is 12.6. The topological polar surface area (TPSA) is 26.3 Å². The minimum absolute atomic E-state index is 0.0958. The molecule has 3 atom stereocenters. The van der Waals surface area contributed by atoms with Crippen molar-refractivity contribution in [1.82, 2.24) is 0 Å². The average Bonchev–Trinajstić information content (AvgIpc) is 2.34. The van der Waals surface area contributed by atoms with E-state index in [4.69, 9.17) is 4.43 Å². The summed E-state index contributed by atoms with van der Waals surface area (Å²) in [5.74, 6) is 0.979. The molecule has 2 saturated carbocycles. The first-order valence-corrected chi connectivity index (χ1v) is 11.9. The molecule has 3 heteroatoms. The molecule has 0 radical (unpaired) electrons. The summed E-state index contributed by atoms with van der Waals surface area (Å²) in [6.45, 7) is 18.6. The second-order valence-corrected chi connectivity index (χ2v) is 14.8. The van der Waals surface area contributed by atoms with Gasteiger partial charge in [-0.15, -0.1) is 0 Å². The van der Waals surface area contributed by atoms with Crippen molar-refractivity contribution in [3.8, 4) is 0 Å². The Hall–Kier alpha value is -0.153. The van der Waals surface area contributed by atoms with Crippen LogP contribution in [0.5, 0.6) is 0 Å². The van der Waals surface area contributed by atoms with Gasteiger partial charge in [-0.05, 0) is 55.1 Å². The maximum absolute atomic E-state index is 12.6. The molecule has 0 aromatic carbocycles. The number of hydrogen-bond donors (Lipinski definition) is 0. The van der Waals surface area contributed by atoms with Gasteiger partial charge in [-0.2, -0.15) is 0 Å². The highest BCUT2D eigenvalue weighted by atomic mass is 28.4. The SMILES string of the molecule is CC1(C)C2CCCC(=O)[C@@]2(C)CC[C@@H]1O[Si](C)(C)C(C)(C)C. The molecule has 0 amide bonds. The number of hydrogen-bond acceptors (Lipinski definition) is 2. The van der Waals surface area contributed by atoms with Gasteiger partial charge in [-0.1, -0.05) is 41.5 Å². The molecular weight excluding hydrogens is 288 g/mol. The van der Waals surface area contributed by atoms with Crippen LogP contribution in [0, 0.1) is 16.7 Å². The summed E-state index contributed by atoms with van der Waals surface area (Å²) >= 11 is 0. The molecule has 2 aliphatic rings. The maximum Gasteiger partial charge on any atom is 0.192 e. The zero-order chi connectivity index (χ0) is 17.0. The molecule has 2 aliphatic carbocycles. The van der Waals surface area contributed by atoms with Crippen LogP contribution in [-0.4, -0.2) is 20.2 Å². The van der Waals surface area contributed by atoms with Crippen LogP contribution in [0.3, 0.4) is 0 Å². The lowest BCUT2D eigenvalue weighted by atomic mass is 9.50. The zero-order valence-electron chi connectivity index (χ0n) is 16.0. The van der Waals surface area contributed by atoms with Gasteiger partial charge in [0.05, 0.1) is 6.10 Å². The molecule has 0 aromatic heterocycles. The number of ketones is 1. The predicted octanol–water partition coefficient (Wildman–Crippen LogP) is 5.57. The Balaban J connectivity index is 2.25. The van der Waals surface area contributed by atoms with E-state index in [0.29, 0.717) is 17.8 Å². The Morgan fingerprint density at radius 2 is 1.73 bits per heavy atom.